The summed E-state index contributed by atoms with van der Waals surface area (Å²) in [5.41, 5.74) is 1.66. The molecule has 1 atom stereocenters. The van der Waals surface area contributed by atoms with Gasteiger partial charge in [-0.2, -0.15) is 0 Å². The van der Waals surface area contributed by atoms with Crippen molar-refractivity contribution in [3.05, 3.63) is 54.1 Å². The van der Waals surface area contributed by atoms with E-state index >= 15 is 0 Å². The van der Waals surface area contributed by atoms with Gasteiger partial charge in [-0.1, -0.05) is 18.2 Å². The number of carbonyl (C=O) groups excluding carboxylic acids is 1. The van der Waals surface area contributed by atoms with Crippen molar-refractivity contribution in [3.63, 3.8) is 0 Å². The molecule has 0 aliphatic carbocycles. The summed E-state index contributed by atoms with van der Waals surface area (Å²) in [7, 11) is -3.43. The maximum absolute atomic E-state index is 12.6. The zero-order valence-corrected chi connectivity index (χ0v) is 13.0. The Morgan fingerprint density at radius 2 is 1.91 bits per heavy atom. The molecule has 120 valence electrons. The predicted octanol–water partition coefficient (Wildman–Crippen LogP) is 1.41. The van der Waals surface area contributed by atoms with Crippen LogP contribution in [0.2, 0.25) is 0 Å². The van der Waals surface area contributed by atoms with Gasteiger partial charge in [-0.15, -0.1) is 0 Å². The number of rotatable bonds is 3. The first-order valence-electron chi connectivity index (χ1n) is 6.80. The summed E-state index contributed by atoms with van der Waals surface area (Å²) >= 11 is 0. The molecule has 1 amide bonds. The lowest BCUT2D eigenvalue weighted by Crippen LogP contribution is -2.49. The number of amides is 1. The molecule has 1 heterocycles. The third-order valence-corrected chi connectivity index (χ3v) is 3.94. The summed E-state index contributed by atoms with van der Waals surface area (Å²) in [6.45, 7) is 0. The standard InChI is InChI=1S/C15H15N3O4S/c1-23(21,22)17-10-5-4-6-11(9-10)18-14(19)12-7-2-3-8-13(12)16-15(18)20/h2-9,15-17,20H,1H3. The first-order chi connectivity index (χ1) is 10.8. The van der Waals surface area contributed by atoms with Gasteiger partial charge in [0.05, 0.1) is 28.9 Å². The third kappa shape index (κ3) is 3.13. The van der Waals surface area contributed by atoms with Crippen LogP contribution in [0.1, 0.15) is 10.4 Å². The number of aliphatic hydroxyl groups excluding tert-OH is 1. The Kier molecular flexibility index (Phi) is 3.70. The van der Waals surface area contributed by atoms with E-state index in [1.54, 1.807) is 42.5 Å². The smallest absolute Gasteiger partial charge is 0.263 e. The number of hydrogen-bond donors (Lipinski definition) is 3. The Bertz CT molecular complexity index is 867. The lowest BCUT2D eigenvalue weighted by atomic mass is 10.1. The summed E-state index contributed by atoms with van der Waals surface area (Å²) in [5.74, 6) is -0.372. The van der Waals surface area contributed by atoms with Gasteiger partial charge in [-0.05, 0) is 30.3 Å². The summed E-state index contributed by atoms with van der Waals surface area (Å²) in [6, 6.07) is 13.1. The van der Waals surface area contributed by atoms with Crippen LogP contribution in [0.25, 0.3) is 0 Å². The molecule has 2 aromatic carbocycles. The molecule has 0 spiro atoms. The molecule has 7 nitrogen and oxygen atoms in total. The van der Waals surface area contributed by atoms with Gasteiger partial charge in [-0.25, -0.2) is 8.42 Å². The average Bonchev–Trinajstić information content (AvgIpc) is 2.46. The van der Waals surface area contributed by atoms with Crippen molar-refractivity contribution in [3.8, 4) is 0 Å². The van der Waals surface area contributed by atoms with Gasteiger partial charge in [0.2, 0.25) is 16.4 Å². The lowest BCUT2D eigenvalue weighted by Gasteiger charge is -2.34. The molecule has 0 fully saturated rings. The number of aliphatic hydroxyl groups is 1. The van der Waals surface area contributed by atoms with Crippen molar-refractivity contribution < 1.29 is 18.3 Å². The van der Waals surface area contributed by atoms with Crippen LogP contribution < -0.4 is 14.9 Å². The molecule has 3 rings (SSSR count). The summed E-state index contributed by atoms with van der Waals surface area (Å²) in [5, 5.41) is 13.0. The molecule has 3 N–H and O–H groups in total. The monoisotopic (exact) mass is 333 g/mol. The largest absolute Gasteiger partial charge is 0.356 e. The van der Waals surface area contributed by atoms with Gasteiger partial charge in [0.25, 0.3) is 5.91 Å². The van der Waals surface area contributed by atoms with Crippen LogP contribution in [0.15, 0.2) is 48.5 Å². The molecule has 0 bridgehead atoms. The van der Waals surface area contributed by atoms with Crippen LogP contribution in [0.3, 0.4) is 0 Å². The molecule has 1 aliphatic heterocycles. The van der Waals surface area contributed by atoms with Crippen molar-refractivity contribution in [2.75, 3.05) is 21.2 Å². The fourth-order valence-corrected chi connectivity index (χ4v) is 2.99. The number of fused-ring (bicyclic) bond motifs is 1. The molecule has 2 aromatic rings. The lowest BCUT2D eigenvalue weighted by molar-refractivity contribution is 0.0901. The maximum Gasteiger partial charge on any atom is 0.263 e. The highest BCUT2D eigenvalue weighted by Crippen LogP contribution is 2.30. The number of anilines is 3. The second kappa shape index (κ2) is 5.56. The summed E-state index contributed by atoms with van der Waals surface area (Å²) in [6.07, 6.45) is -0.205. The number of benzene rings is 2. The highest BCUT2D eigenvalue weighted by Gasteiger charge is 2.31. The highest BCUT2D eigenvalue weighted by atomic mass is 32.2. The van der Waals surface area contributed by atoms with Crippen molar-refractivity contribution >= 4 is 33.0 Å². The molecule has 0 saturated carbocycles. The molecule has 8 heteroatoms. The zero-order chi connectivity index (χ0) is 16.6. The van der Waals surface area contributed by atoms with Gasteiger partial charge < -0.3 is 10.4 Å². The first-order valence-corrected chi connectivity index (χ1v) is 8.69. The van der Waals surface area contributed by atoms with E-state index in [9.17, 15) is 18.3 Å². The van der Waals surface area contributed by atoms with Crippen LogP contribution in [0, 0.1) is 0 Å². The Morgan fingerprint density at radius 1 is 1.17 bits per heavy atom. The van der Waals surface area contributed by atoms with Crippen molar-refractivity contribution in [1.82, 2.24) is 0 Å². The first kappa shape index (κ1) is 15.3. The number of carbonyl (C=O) groups is 1. The van der Waals surface area contributed by atoms with Gasteiger partial charge in [0.1, 0.15) is 0 Å². The normalized spacial score (nSPS) is 17.4. The number of nitrogens with zero attached hydrogens (tertiary/aromatic N) is 1. The van der Waals surface area contributed by atoms with Crippen LogP contribution in [0.4, 0.5) is 17.1 Å². The minimum Gasteiger partial charge on any atom is -0.356 e. The number of sulfonamides is 1. The number of para-hydroxylation sites is 1. The van der Waals surface area contributed by atoms with Gasteiger partial charge in [0, 0.05) is 0 Å². The highest BCUT2D eigenvalue weighted by molar-refractivity contribution is 7.92. The van der Waals surface area contributed by atoms with Crippen molar-refractivity contribution in [2.24, 2.45) is 0 Å². The molecule has 23 heavy (non-hydrogen) atoms. The second-order valence-electron chi connectivity index (χ2n) is 5.16. The minimum atomic E-state index is -3.43. The minimum absolute atomic E-state index is 0.309. The van der Waals surface area contributed by atoms with Crippen LogP contribution in [-0.4, -0.2) is 32.0 Å². The molecule has 0 radical (unpaired) electrons. The Balaban J connectivity index is 1.99. The SMILES string of the molecule is CS(=O)(=O)Nc1cccc(N2C(=O)c3ccccc3NC2O)c1. The zero-order valence-electron chi connectivity index (χ0n) is 12.2. The van der Waals surface area contributed by atoms with Gasteiger partial charge in [-0.3, -0.25) is 14.4 Å². The van der Waals surface area contributed by atoms with Crippen molar-refractivity contribution in [1.29, 1.82) is 0 Å². The van der Waals surface area contributed by atoms with E-state index in [2.05, 4.69) is 10.0 Å². The van der Waals surface area contributed by atoms with E-state index in [0.717, 1.165) is 11.2 Å². The second-order valence-corrected chi connectivity index (χ2v) is 6.91. The molecular weight excluding hydrogens is 318 g/mol. The third-order valence-electron chi connectivity index (χ3n) is 3.33. The van der Waals surface area contributed by atoms with E-state index in [1.165, 1.54) is 6.07 Å². The Morgan fingerprint density at radius 3 is 2.65 bits per heavy atom. The quantitative estimate of drug-likeness (QED) is 0.789. The number of hydrogen-bond acceptors (Lipinski definition) is 5. The Labute approximate surface area is 133 Å². The van der Waals surface area contributed by atoms with Crippen LogP contribution in [0.5, 0.6) is 0 Å². The average molecular weight is 333 g/mol. The summed E-state index contributed by atoms with van der Waals surface area (Å²) in [4.78, 5) is 13.8. The predicted molar refractivity (Wildman–Crippen MR) is 87.8 cm³/mol. The molecule has 0 aromatic heterocycles. The maximum atomic E-state index is 12.6. The van der Waals surface area contributed by atoms with E-state index in [0.29, 0.717) is 22.6 Å². The molecule has 0 saturated heterocycles. The fraction of sp³-hybridized carbons (Fsp3) is 0.133. The van der Waals surface area contributed by atoms with E-state index in [1.807, 2.05) is 0 Å². The van der Waals surface area contributed by atoms with Crippen molar-refractivity contribution in [2.45, 2.75) is 6.35 Å². The van der Waals surface area contributed by atoms with Gasteiger partial charge in [0.15, 0.2) is 0 Å². The van der Waals surface area contributed by atoms with E-state index in [-0.39, 0.29) is 5.91 Å². The number of nitrogens with one attached hydrogen (secondary N) is 2. The molecule has 1 aliphatic rings. The molecular formula is C15H15N3O4S. The fourth-order valence-electron chi connectivity index (χ4n) is 2.43. The molecule has 1 unspecified atom stereocenters. The Hall–Kier alpha value is -2.58. The van der Waals surface area contributed by atoms with Gasteiger partial charge >= 0.3 is 0 Å². The summed E-state index contributed by atoms with van der Waals surface area (Å²) < 4.78 is 25.0. The van der Waals surface area contributed by atoms with Crippen LogP contribution >= 0.6 is 0 Å². The van der Waals surface area contributed by atoms with E-state index < -0.39 is 16.4 Å². The van der Waals surface area contributed by atoms with E-state index in [4.69, 9.17) is 0 Å². The van der Waals surface area contributed by atoms with Crippen LogP contribution in [-0.2, 0) is 10.0 Å². The topological polar surface area (TPSA) is 98.7 Å².